The van der Waals surface area contributed by atoms with E-state index in [9.17, 15) is 14.7 Å². The van der Waals surface area contributed by atoms with Crippen molar-refractivity contribution >= 4 is 11.6 Å². The standard InChI is InChI=1S/C21H31N5O3/c1-21(2,3)13-25-16-11-15(12-24-9-5-4-6-10-24)23-26(16)20(29)17(19(25)28)18(27)22-14-7-8-14/h11,14,29H,4-10,12-13H2,1-3H3,(H,22,27). The predicted octanol–water partition coefficient (Wildman–Crippen LogP) is 2.13. The minimum atomic E-state index is -0.521. The van der Waals surface area contributed by atoms with Crippen LogP contribution in [0, 0.1) is 5.41 Å². The van der Waals surface area contributed by atoms with Gasteiger partial charge in [0.2, 0.25) is 5.88 Å². The summed E-state index contributed by atoms with van der Waals surface area (Å²) in [6, 6.07) is 1.96. The van der Waals surface area contributed by atoms with Crippen molar-refractivity contribution in [3.63, 3.8) is 0 Å². The molecule has 2 aromatic rings. The Morgan fingerprint density at radius 2 is 1.93 bits per heavy atom. The molecule has 0 bridgehead atoms. The normalized spacial score (nSPS) is 18.3. The largest absolute Gasteiger partial charge is 0.492 e. The fourth-order valence-corrected chi connectivity index (χ4v) is 3.94. The second-order valence-corrected chi connectivity index (χ2v) is 9.64. The molecule has 1 amide bonds. The number of hydrogen-bond acceptors (Lipinski definition) is 5. The van der Waals surface area contributed by atoms with Crippen LogP contribution in [0.3, 0.4) is 0 Å². The van der Waals surface area contributed by atoms with Crippen molar-refractivity contribution < 1.29 is 9.90 Å². The van der Waals surface area contributed by atoms with Crippen LogP contribution in [0.15, 0.2) is 10.9 Å². The van der Waals surface area contributed by atoms with Crippen molar-refractivity contribution in [1.82, 2.24) is 24.4 Å². The van der Waals surface area contributed by atoms with Crippen LogP contribution in [0.2, 0.25) is 0 Å². The fraction of sp³-hybridized carbons (Fsp3) is 0.667. The molecule has 1 saturated heterocycles. The minimum absolute atomic E-state index is 0.0975. The third kappa shape index (κ3) is 4.32. The lowest BCUT2D eigenvalue weighted by molar-refractivity contribution is 0.0944. The molecule has 0 radical (unpaired) electrons. The molecular weight excluding hydrogens is 370 g/mol. The van der Waals surface area contributed by atoms with Crippen LogP contribution >= 0.6 is 0 Å². The van der Waals surface area contributed by atoms with Gasteiger partial charge >= 0.3 is 0 Å². The van der Waals surface area contributed by atoms with E-state index in [1.165, 1.54) is 23.8 Å². The van der Waals surface area contributed by atoms with Crippen molar-refractivity contribution in [3.05, 3.63) is 27.7 Å². The van der Waals surface area contributed by atoms with Gasteiger partial charge in [0.25, 0.3) is 11.5 Å². The van der Waals surface area contributed by atoms with Gasteiger partial charge in [-0.25, -0.2) is 0 Å². The summed E-state index contributed by atoms with van der Waals surface area (Å²) in [6.45, 7) is 9.28. The first-order valence-corrected chi connectivity index (χ1v) is 10.6. The summed E-state index contributed by atoms with van der Waals surface area (Å²) in [6.07, 6.45) is 5.43. The summed E-state index contributed by atoms with van der Waals surface area (Å²) in [7, 11) is 0. The molecule has 0 unspecified atom stereocenters. The maximum absolute atomic E-state index is 13.2. The number of nitrogens with one attached hydrogen (secondary N) is 1. The Kier molecular flexibility index (Phi) is 5.14. The van der Waals surface area contributed by atoms with E-state index in [1.807, 2.05) is 26.8 Å². The smallest absolute Gasteiger partial charge is 0.270 e. The highest BCUT2D eigenvalue weighted by molar-refractivity contribution is 5.96. The predicted molar refractivity (Wildman–Crippen MR) is 110 cm³/mol. The first-order chi connectivity index (χ1) is 13.7. The Morgan fingerprint density at radius 1 is 1.24 bits per heavy atom. The van der Waals surface area contributed by atoms with Crippen LogP contribution in [0.1, 0.15) is 68.9 Å². The van der Waals surface area contributed by atoms with E-state index in [0.717, 1.165) is 31.6 Å². The first-order valence-electron chi connectivity index (χ1n) is 10.6. The van der Waals surface area contributed by atoms with Crippen LogP contribution in [-0.2, 0) is 13.1 Å². The number of carbonyl (C=O) groups is 1. The molecule has 8 heteroatoms. The quantitative estimate of drug-likeness (QED) is 0.801. The van der Waals surface area contributed by atoms with E-state index in [2.05, 4.69) is 15.3 Å². The third-order valence-electron chi connectivity index (χ3n) is 5.51. The highest BCUT2D eigenvalue weighted by Gasteiger charge is 2.30. The van der Waals surface area contributed by atoms with Crippen LogP contribution in [0.4, 0.5) is 0 Å². The molecule has 158 valence electrons. The number of carbonyl (C=O) groups excluding carboxylic acids is 1. The Morgan fingerprint density at radius 3 is 2.55 bits per heavy atom. The number of amides is 1. The van der Waals surface area contributed by atoms with Crippen LogP contribution in [-0.4, -0.2) is 49.2 Å². The first kappa shape index (κ1) is 19.9. The van der Waals surface area contributed by atoms with Crippen LogP contribution in [0.5, 0.6) is 5.88 Å². The topological polar surface area (TPSA) is 91.9 Å². The number of aromatic nitrogens is 3. The molecule has 2 aliphatic rings. The second kappa shape index (κ2) is 7.48. The molecule has 1 saturated carbocycles. The SMILES string of the molecule is CC(C)(C)Cn1c(=O)c(C(=O)NC2CC2)c(O)n2nc(CN3CCCCC3)cc12. The van der Waals surface area contributed by atoms with E-state index < -0.39 is 11.5 Å². The summed E-state index contributed by atoms with van der Waals surface area (Å²) in [4.78, 5) is 28.2. The maximum atomic E-state index is 13.2. The summed E-state index contributed by atoms with van der Waals surface area (Å²) in [5, 5.41) is 18.2. The van der Waals surface area contributed by atoms with Crippen LogP contribution in [0.25, 0.3) is 5.65 Å². The lowest BCUT2D eigenvalue weighted by Crippen LogP contribution is -2.37. The highest BCUT2D eigenvalue weighted by atomic mass is 16.3. The molecule has 1 aliphatic carbocycles. The van der Waals surface area contributed by atoms with E-state index in [4.69, 9.17) is 0 Å². The van der Waals surface area contributed by atoms with Gasteiger partial charge in [-0.2, -0.15) is 9.61 Å². The molecule has 0 atom stereocenters. The maximum Gasteiger partial charge on any atom is 0.270 e. The molecule has 29 heavy (non-hydrogen) atoms. The number of piperidine rings is 1. The van der Waals surface area contributed by atoms with E-state index in [-0.39, 0.29) is 22.9 Å². The monoisotopic (exact) mass is 401 g/mol. The number of aromatic hydroxyl groups is 1. The number of hydrogen-bond donors (Lipinski definition) is 2. The summed E-state index contributed by atoms with van der Waals surface area (Å²) in [5.74, 6) is -0.897. The zero-order chi connectivity index (χ0) is 20.8. The van der Waals surface area contributed by atoms with Gasteiger partial charge in [-0.1, -0.05) is 27.2 Å². The van der Waals surface area contributed by atoms with Gasteiger partial charge in [-0.15, -0.1) is 0 Å². The van der Waals surface area contributed by atoms with E-state index >= 15 is 0 Å². The zero-order valence-corrected chi connectivity index (χ0v) is 17.6. The van der Waals surface area contributed by atoms with Gasteiger partial charge in [0.1, 0.15) is 5.65 Å². The van der Waals surface area contributed by atoms with Gasteiger partial charge in [-0.05, 0) is 44.2 Å². The van der Waals surface area contributed by atoms with Crippen LogP contribution < -0.4 is 10.9 Å². The Balaban J connectivity index is 1.79. The molecule has 1 aliphatic heterocycles. The molecule has 2 aromatic heterocycles. The molecular formula is C21H31N5O3. The van der Waals surface area contributed by atoms with E-state index in [0.29, 0.717) is 18.7 Å². The van der Waals surface area contributed by atoms with Crippen molar-refractivity contribution in [2.24, 2.45) is 5.41 Å². The van der Waals surface area contributed by atoms with E-state index in [1.54, 1.807) is 4.57 Å². The lowest BCUT2D eigenvalue weighted by Gasteiger charge is -2.25. The van der Waals surface area contributed by atoms with Gasteiger partial charge in [0.15, 0.2) is 5.56 Å². The van der Waals surface area contributed by atoms with Gasteiger partial charge < -0.3 is 10.4 Å². The van der Waals surface area contributed by atoms with Crippen molar-refractivity contribution in [1.29, 1.82) is 0 Å². The summed E-state index contributed by atoms with van der Waals surface area (Å²) >= 11 is 0. The molecule has 8 nitrogen and oxygen atoms in total. The highest BCUT2D eigenvalue weighted by Crippen LogP contribution is 2.24. The lowest BCUT2D eigenvalue weighted by atomic mass is 9.97. The number of fused-ring (bicyclic) bond motifs is 1. The van der Waals surface area contributed by atoms with Crippen molar-refractivity contribution in [2.45, 2.75) is 72.0 Å². The van der Waals surface area contributed by atoms with Gasteiger partial charge in [0, 0.05) is 25.2 Å². The fourth-order valence-electron chi connectivity index (χ4n) is 3.94. The average molecular weight is 402 g/mol. The number of likely N-dealkylation sites (tertiary alicyclic amines) is 1. The van der Waals surface area contributed by atoms with Gasteiger partial charge in [0.05, 0.1) is 5.69 Å². The van der Waals surface area contributed by atoms with Crippen molar-refractivity contribution in [3.8, 4) is 5.88 Å². The minimum Gasteiger partial charge on any atom is -0.492 e. The molecule has 4 rings (SSSR count). The summed E-state index contributed by atoms with van der Waals surface area (Å²) < 4.78 is 2.93. The van der Waals surface area contributed by atoms with Crippen molar-refractivity contribution in [2.75, 3.05) is 13.1 Å². The van der Waals surface area contributed by atoms with Gasteiger partial charge in [-0.3, -0.25) is 19.1 Å². The third-order valence-corrected chi connectivity index (χ3v) is 5.51. The number of rotatable bonds is 5. The summed E-state index contributed by atoms with van der Waals surface area (Å²) in [5.41, 5.74) is 0.457. The second-order valence-electron chi connectivity index (χ2n) is 9.64. The number of nitrogens with zero attached hydrogens (tertiary/aromatic N) is 4. The molecule has 2 fully saturated rings. The average Bonchev–Trinajstić information content (AvgIpc) is 3.35. The zero-order valence-electron chi connectivity index (χ0n) is 17.6. The Labute approximate surface area is 170 Å². The molecule has 3 heterocycles. The molecule has 0 spiro atoms. The molecule has 2 N–H and O–H groups in total. The Hall–Kier alpha value is -2.35. The molecule has 0 aromatic carbocycles. The Bertz CT molecular complexity index is 975.